The van der Waals surface area contributed by atoms with E-state index in [0.29, 0.717) is 17.2 Å². The maximum atomic E-state index is 12.4. The van der Waals surface area contributed by atoms with Gasteiger partial charge in [0.05, 0.1) is 4.90 Å². The summed E-state index contributed by atoms with van der Waals surface area (Å²) in [4.78, 5) is 0.252. The van der Waals surface area contributed by atoms with E-state index >= 15 is 0 Å². The van der Waals surface area contributed by atoms with Crippen LogP contribution in [0.15, 0.2) is 29.2 Å². The number of hydrogen-bond acceptors (Lipinski definition) is 6. The zero-order valence-electron chi connectivity index (χ0n) is 11.3. The summed E-state index contributed by atoms with van der Waals surface area (Å²) >= 11 is 1.25. The average Bonchev–Trinajstić information content (AvgIpc) is 2.86. The lowest BCUT2D eigenvalue weighted by Gasteiger charge is -2.10. The lowest BCUT2D eigenvalue weighted by atomic mass is 10.2. The minimum absolute atomic E-state index is 0.252. The molecule has 2 N–H and O–H groups in total. The quantitative estimate of drug-likeness (QED) is 0.847. The van der Waals surface area contributed by atoms with Gasteiger partial charge in [0.1, 0.15) is 5.01 Å². The van der Waals surface area contributed by atoms with Crippen LogP contribution < -0.4 is 10.0 Å². The first-order valence-corrected chi connectivity index (χ1v) is 8.44. The molecule has 0 aliphatic carbocycles. The third kappa shape index (κ3) is 3.33. The van der Waals surface area contributed by atoms with Crippen LogP contribution in [0.5, 0.6) is 0 Å². The van der Waals surface area contributed by atoms with Crippen molar-refractivity contribution in [2.45, 2.75) is 24.8 Å². The number of benzene rings is 1. The highest BCUT2D eigenvalue weighted by atomic mass is 32.2. The van der Waals surface area contributed by atoms with Gasteiger partial charge in [-0.15, -0.1) is 10.2 Å². The van der Waals surface area contributed by atoms with Crippen molar-refractivity contribution in [1.82, 2.24) is 15.5 Å². The summed E-state index contributed by atoms with van der Waals surface area (Å²) < 4.78 is 27.3. The lowest BCUT2D eigenvalue weighted by Crippen LogP contribution is -2.17. The summed E-state index contributed by atoms with van der Waals surface area (Å²) in [7, 11) is -1.87. The number of sulfonamides is 1. The fourth-order valence-electron chi connectivity index (χ4n) is 1.71. The van der Waals surface area contributed by atoms with Crippen LogP contribution in [-0.4, -0.2) is 25.7 Å². The second-order valence-electron chi connectivity index (χ2n) is 4.10. The Balaban J connectivity index is 2.30. The fourth-order valence-corrected chi connectivity index (χ4v) is 3.86. The first kappa shape index (κ1) is 14.9. The monoisotopic (exact) mass is 312 g/mol. The van der Waals surface area contributed by atoms with E-state index in [1.165, 1.54) is 11.3 Å². The third-order valence-corrected chi connectivity index (χ3v) is 5.17. The van der Waals surface area contributed by atoms with Gasteiger partial charge in [0.25, 0.3) is 10.0 Å². The Morgan fingerprint density at radius 1 is 1.25 bits per heavy atom. The molecule has 0 fully saturated rings. The molecule has 6 nitrogen and oxygen atoms in total. The summed E-state index contributed by atoms with van der Waals surface area (Å²) in [5, 5.41) is 11.8. The highest BCUT2D eigenvalue weighted by Crippen LogP contribution is 2.22. The largest absolute Gasteiger partial charge is 0.316 e. The highest BCUT2D eigenvalue weighted by Gasteiger charge is 2.19. The predicted octanol–water partition coefficient (Wildman–Crippen LogP) is 1.62. The molecule has 108 valence electrons. The van der Waals surface area contributed by atoms with Gasteiger partial charge in [-0.1, -0.05) is 36.5 Å². The molecule has 1 aromatic carbocycles. The zero-order chi connectivity index (χ0) is 14.6. The number of aromatic nitrogens is 2. The van der Waals surface area contributed by atoms with Crippen molar-refractivity contribution in [3.8, 4) is 0 Å². The Bertz CT molecular complexity index is 682. The molecule has 0 radical (unpaired) electrons. The molecule has 0 aliphatic heterocycles. The van der Waals surface area contributed by atoms with Gasteiger partial charge in [-0.3, -0.25) is 4.72 Å². The van der Waals surface area contributed by atoms with Crippen molar-refractivity contribution in [3.05, 3.63) is 34.8 Å². The number of rotatable bonds is 6. The first-order chi connectivity index (χ1) is 9.56. The molecular formula is C12H16N4O2S2. The zero-order valence-corrected chi connectivity index (χ0v) is 12.9. The van der Waals surface area contributed by atoms with Gasteiger partial charge in [0.2, 0.25) is 5.13 Å². The Morgan fingerprint density at radius 2 is 2.00 bits per heavy atom. The van der Waals surface area contributed by atoms with Crippen LogP contribution in [0.4, 0.5) is 5.13 Å². The van der Waals surface area contributed by atoms with E-state index in [9.17, 15) is 8.42 Å². The van der Waals surface area contributed by atoms with Gasteiger partial charge in [0, 0.05) is 6.54 Å². The summed E-state index contributed by atoms with van der Waals surface area (Å²) in [5.41, 5.74) is 0.711. The summed E-state index contributed by atoms with van der Waals surface area (Å²) in [6.07, 6.45) is 0.732. The SMILES string of the molecule is CCc1nnc(NS(=O)(=O)c2ccccc2CNC)s1. The molecule has 20 heavy (non-hydrogen) atoms. The number of anilines is 1. The van der Waals surface area contributed by atoms with Gasteiger partial charge in [0.15, 0.2) is 0 Å². The minimum atomic E-state index is -3.64. The molecule has 1 heterocycles. The molecule has 0 saturated carbocycles. The lowest BCUT2D eigenvalue weighted by molar-refractivity contribution is 0.599. The summed E-state index contributed by atoms with van der Waals surface area (Å²) in [6.45, 7) is 2.43. The number of hydrogen-bond donors (Lipinski definition) is 2. The maximum absolute atomic E-state index is 12.4. The normalized spacial score (nSPS) is 11.5. The van der Waals surface area contributed by atoms with E-state index in [1.54, 1.807) is 25.2 Å². The van der Waals surface area contributed by atoms with Crippen molar-refractivity contribution in [2.24, 2.45) is 0 Å². The topological polar surface area (TPSA) is 84.0 Å². The highest BCUT2D eigenvalue weighted by molar-refractivity contribution is 7.93. The van der Waals surface area contributed by atoms with Crippen LogP contribution in [0, 0.1) is 0 Å². The Hall–Kier alpha value is -1.51. The van der Waals surface area contributed by atoms with Gasteiger partial charge in [-0.25, -0.2) is 8.42 Å². The summed E-state index contributed by atoms with van der Waals surface area (Å²) in [5.74, 6) is 0. The molecular weight excluding hydrogens is 296 g/mol. The number of nitrogens with one attached hydrogen (secondary N) is 2. The van der Waals surface area contributed by atoms with Crippen molar-refractivity contribution < 1.29 is 8.42 Å². The van der Waals surface area contributed by atoms with Gasteiger partial charge in [-0.2, -0.15) is 0 Å². The Morgan fingerprint density at radius 3 is 2.65 bits per heavy atom. The molecule has 8 heteroatoms. The molecule has 0 saturated heterocycles. The van der Waals surface area contributed by atoms with E-state index in [4.69, 9.17) is 0 Å². The Labute approximate surface area is 122 Å². The van der Waals surface area contributed by atoms with Crippen LogP contribution in [0.2, 0.25) is 0 Å². The molecule has 2 aromatic rings. The van der Waals surface area contributed by atoms with Crippen molar-refractivity contribution >= 4 is 26.5 Å². The fraction of sp³-hybridized carbons (Fsp3) is 0.333. The van der Waals surface area contributed by atoms with Gasteiger partial charge >= 0.3 is 0 Å². The van der Waals surface area contributed by atoms with E-state index < -0.39 is 10.0 Å². The molecule has 0 aliphatic rings. The van der Waals surface area contributed by atoms with Crippen molar-refractivity contribution in [2.75, 3.05) is 11.8 Å². The van der Waals surface area contributed by atoms with E-state index in [2.05, 4.69) is 20.2 Å². The van der Waals surface area contributed by atoms with Crippen molar-refractivity contribution in [1.29, 1.82) is 0 Å². The van der Waals surface area contributed by atoms with Crippen molar-refractivity contribution in [3.63, 3.8) is 0 Å². The van der Waals surface area contributed by atoms with Crippen LogP contribution in [0.3, 0.4) is 0 Å². The molecule has 2 rings (SSSR count). The average molecular weight is 312 g/mol. The first-order valence-electron chi connectivity index (χ1n) is 6.14. The second kappa shape index (κ2) is 6.29. The van der Waals surface area contributed by atoms with E-state index in [-0.39, 0.29) is 4.90 Å². The standard InChI is InChI=1S/C12H16N4O2S2/c1-3-11-14-15-12(19-11)16-20(17,18)10-7-5-4-6-9(10)8-13-2/h4-7,13H,3,8H2,1-2H3,(H,15,16). The van der Waals surface area contributed by atoms with Crippen LogP contribution in [0.25, 0.3) is 0 Å². The third-order valence-electron chi connectivity index (χ3n) is 2.62. The number of aryl methyl sites for hydroxylation is 1. The molecule has 1 aromatic heterocycles. The van der Waals surface area contributed by atoms with E-state index in [0.717, 1.165) is 11.4 Å². The minimum Gasteiger partial charge on any atom is -0.316 e. The van der Waals surface area contributed by atoms with E-state index in [1.807, 2.05) is 13.0 Å². The van der Waals surface area contributed by atoms with Gasteiger partial charge < -0.3 is 5.32 Å². The predicted molar refractivity (Wildman–Crippen MR) is 79.3 cm³/mol. The molecule has 0 unspecified atom stereocenters. The van der Waals surface area contributed by atoms with Crippen LogP contribution in [0.1, 0.15) is 17.5 Å². The number of nitrogens with zero attached hydrogens (tertiary/aromatic N) is 2. The summed E-state index contributed by atoms with van der Waals surface area (Å²) in [6, 6.07) is 6.87. The molecule has 0 amide bonds. The maximum Gasteiger partial charge on any atom is 0.264 e. The molecule has 0 bridgehead atoms. The molecule has 0 atom stereocenters. The smallest absolute Gasteiger partial charge is 0.264 e. The van der Waals surface area contributed by atoms with Crippen LogP contribution in [-0.2, 0) is 23.0 Å². The molecule has 0 spiro atoms. The van der Waals surface area contributed by atoms with Gasteiger partial charge in [-0.05, 0) is 25.1 Å². The van der Waals surface area contributed by atoms with Crippen LogP contribution >= 0.6 is 11.3 Å². The Kier molecular flexibility index (Phi) is 4.69. The second-order valence-corrected chi connectivity index (χ2v) is 6.81.